The van der Waals surface area contributed by atoms with E-state index in [9.17, 15) is 0 Å². The summed E-state index contributed by atoms with van der Waals surface area (Å²) in [6.07, 6.45) is 2.30. The molecule has 17 heavy (non-hydrogen) atoms. The van der Waals surface area contributed by atoms with Gasteiger partial charge in [-0.25, -0.2) is 0 Å². The summed E-state index contributed by atoms with van der Waals surface area (Å²) in [5, 5.41) is 6.49. The molecule has 0 saturated heterocycles. The number of benzene rings is 1. The minimum absolute atomic E-state index is 0.730. The van der Waals surface area contributed by atoms with Crippen LogP contribution in [0.4, 0.5) is 0 Å². The van der Waals surface area contributed by atoms with Crippen molar-refractivity contribution in [2.45, 2.75) is 19.4 Å². The Morgan fingerprint density at radius 1 is 1.00 bits per heavy atom. The van der Waals surface area contributed by atoms with Crippen molar-refractivity contribution < 1.29 is 4.74 Å². The third kappa shape index (κ3) is 7.91. The molecular formula is C14H24N2O. The zero-order valence-electron chi connectivity index (χ0n) is 10.7. The van der Waals surface area contributed by atoms with Crippen LogP contribution in [0.25, 0.3) is 0 Å². The SMILES string of the molecule is CNCCNCCCCOCc1ccccc1. The van der Waals surface area contributed by atoms with Gasteiger partial charge in [0.2, 0.25) is 0 Å². The molecule has 0 aliphatic rings. The Hall–Kier alpha value is -0.900. The normalized spacial score (nSPS) is 10.6. The third-order valence-electron chi connectivity index (χ3n) is 2.56. The van der Waals surface area contributed by atoms with Crippen LogP contribution in [-0.2, 0) is 11.3 Å². The molecule has 0 unspecified atom stereocenters. The number of unbranched alkanes of at least 4 members (excludes halogenated alkanes) is 1. The Bertz CT molecular complexity index is 264. The molecule has 0 bridgehead atoms. The lowest BCUT2D eigenvalue weighted by Gasteiger charge is -2.05. The molecule has 0 radical (unpaired) electrons. The monoisotopic (exact) mass is 236 g/mol. The first kappa shape index (κ1) is 14.2. The second-order valence-corrected chi connectivity index (χ2v) is 4.10. The summed E-state index contributed by atoms with van der Waals surface area (Å²) < 4.78 is 5.61. The average Bonchev–Trinajstić information content (AvgIpc) is 2.38. The maximum absolute atomic E-state index is 5.61. The highest BCUT2D eigenvalue weighted by Gasteiger charge is 1.92. The quantitative estimate of drug-likeness (QED) is 0.608. The van der Waals surface area contributed by atoms with Gasteiger partial charge in [-0.2, -0.15) is 0 Å². The van der Waals surface area contributed by atoms with Crippen LogP contribution in [0.2, 0.25) is 0 Å². The first-order valence-corrected chi connectivity index (χ1v) is 6.40. The van der Waals surface area contributed by atoms with Crippen LogP contribution in [0.1, 0.15) is 18.4 Å². The number of rotatable bonds is 10. The fraction of sp³-hybridized carbons (Fsp3) is 0.571. The number of hydrogen-bond acceptors (Lipinski definition) is 3. The topological polar surface area (TPSA) is 33.3 Å². The molecule has 96 valence electrons. The summed E-state index contributed by atoms with van der Waals surface area (Å²) in [6.45, 7) is 4.74. The van der Waals surface area contributed by atoms with Crippen LogP contribution in [0.3, 0.4) is 0 Å². The number of nitrogens with one attached hydrogen (secondary N) is 2. The van der Waals surface area contributed by atoms with Crippen molar-refractivity contribution >= 4 is 0 Å². The highest BCUT2D eigenvalue weighted by atomic mass is 16.5. The molecule has 1 aromatic rings. The molecule has 0 spiro atoms. The van der Waals surface area contributed by atoms with E-state index in [2.05, 4.69) is 22.8 Å². The van der Waals surface area contributed by atoms with Crippen molar-refractivity contribution in [2.24, 2.45) is 0 Å². The maximum Gasteiger partial charge on any atom is 0.0716 e. The van der Waals surface area contributed by atoms with Crippen LogP contribution in [-0.4, -0.2) is 33.3 Å². The lowest BCUT2D eigenvalue weighted by Crippen LogP contribution is -2.25. The fourth-order valence-corrected chi connectivity index (χ4v) is 1.56. The lowest BCUT2D eigenvalue weighted by molar-refractivity contribution is 0.117. The smallest absolute Gasteiger partial charge is 0.0716 e. The molecule has 1 rings (SSSR count). The van der Waals surface area contributed by atoms with E-state index in [0.717, 1.165) is 39.3 Å². The standard InChI is InChI=1S/C14H24N2O/c1-15-10-11-16-9-5-6-12-17-13-14-7-3-2-4-8-14/h2-4,7-8,15-16H,5-6,9-13H2,1H3. The van der Waals surface area contributed by atoms with Gasteiger partial charge in [0.25, 0.3) is 0 Å². The summed E-state index contributed by atoms with van der Waals surface area (Å²) in [7, 11) is 1.97. The molecule has 0 amide bonds. The third-order valence-corrected chi connectivity index (χ3v) is 2.56. The lowest BCUT2D eigenvalue weighted by atomic mass is 10.2. The molecule has 0 heterocycles. The highest BCUT2D eigenvalue weighted by molar-refractivity contribution is 5.13. The van der Waals surface area contributed by atoms with Gasteiger partial charge >= 0.3 is 0 Å². The van der Waals surface area contributed by atoms with E-state index in [4.69, 9.17) is 4.74 Å². The fourth-order valence-electron chi connectivity index (χ4n) is 1.56. The predicted octanol–water partition coefficient (Wildman–Crippen LogP) is 1.79. The molecule has 3 heteroatoms. The van der Waals surface area contributed by atoms with Gasteiger partial charge in [0.1, 0.15) is 0 Å². The molecule has 2 N–H and O–H groups in total. The minimum Gasteiger partial charge on any atom is -0.377 e. The largest absolute Gasteiger partial charge is 0.377 e. The number of ether oxygens (including phenoxy) is 1. The van der Waals surface area contributed by atoms with Crippen LogP contribution >= 0.6 is 0 Å². The summed E-state index contributed by atoms with van der Waals surface area (Å²) in [5.74, 6) is 0. The van der Waals surface area contributed by atoms with Gasteiger partial charge in [-0.15, -0.1) is 0 Å². The van der Waals surface area contributed by atoms with Crippen LogP contribution in [0.15, 0.2) is 30.3 Å². The van der Waals surface area contributed by atoms with Crippen molar-refractivity contribution in [1.82, 2.24) is 10.6 Å². The van der Waals surface area contributed by atoms with Gasteiger partial charge in [-0.3, -0.25) is 0 Å². The van der Waals surface area contributed by atoms with E-state index in [1.807, 2.05) is 25.2 Å². The summed E-state index contributed by atoms with van der Waals surface area (Å²) >= 11 is 0. The number of likely N-dealkylation sites (N-methyl/N-ethyl adjacent to an activating group) is 1. The van der Waals surface area contributed by atoms with Gasteiger partial charge in [0, 0.05) is 19.7 Å². The predicted molar refractivity (Wildman–Crippen MR) is 72.1 cm³/mol. The Morgan fingerprint density at radius 3 is 2.59 bits per heavy atom. The second kappa shape index (κ2) is 10.3. The summed E-state index contributed by atoms with van der Waals surface area (Å²) in [6, 6.07) is 10.3. The van der Waals surface area contributed by atoms with E-state index in [0.29, 0.717) is 0 Å². The van der Waals surface area contributed by atoms with Crippen LogP contribution in [0, 0.1) is 0 Å². The molecule has 1 aromatic carbocycles. The second-order valence-electron chi connectivity index (χ2n) is 4.10. The molecule has 0 atom stereocenters. The molecule has 0 saturated carbocycles. The van der Waals surface area contributed by atoms with Crippen molar-refractivity contribution in [2.75, 3.05) is 33.3 Å². The highest BCUT2D eigenvalue weighted by Crippen LogP contribution is 2.01. The molecule has 0 fully saturated rings. The maximum atomic E-state index is 5.61. The van der Waals surface area contributed by atoms with Gasteiger partial charge in [0.05, 0.1) is 6.61 Å². The van der Waals surface area contributed by atoms with E-state index in [1.54, 1.807) is 0 Å². The van der Waals surface area contributed by atoms with E-state index in [-0.39, 0.29) is 0 Å². The van der Waals surface area contributed by atoms with Crippen LogP contribution in [0.5, 0.6) is 0 Å². The van der Waals surface area contributed by atoms with E-state index in [1.165, 1.54) is 12.0 Å². The van der Waals surface area contributed by atoms with Gasteiger partial charge in [-0.1, -0.05) is 30.3 Å². The van der Waals surface area contributed by atoms with Gasteiger partial charge in [0.15, 0.2) is 0 Å². The average molecular weight is 236 g/mol. The molecular weight excluding hydrogens is 212 g/mol. The number of hydrogen-bond donors (Lipinski definition) is 2. The summed E-state index contributed by atoms with van der Waals surface area (Å²) in [5.41, 5.74) is 1.25. The Kier molecular flexibility index (Phi) is 8.55. The summed E-state index contributed by atoms with van der Waals surface area (Å²) in [4.78, 5) is 0. The Balaban J connectivity index is 1.85. The zero-order valence-corrected chi connectivity index (χ0v) is 10.7. The minimum atomic E-state index is 0.730. The Morgan fingerprint density at radius 2 is 1.82 bits per heavy atom. The molecule has 3 nitrogen and oxygen atoms in total. The van der Waals surface area contributed by atoms with Crippen molar-refractivity contribution in [1.29, 1.82) is 0 Å². The Labute approximate surface area is 105 Å². The van der Waals surface area contributed by atoms with Crippen molar-refractivity contribution in [3.8, 4) is 0 Å². The first-order chi connectivity index (χ1) is 8.43. The van der Waals surface area contributed by atoms with Gasteiger partial charge < -0.3 is 15.4 Å². The van der Waals surface area contributed by atoms with E-state index >= 15 is 0 Å². The first-order valence-electron chi connectivity index (χ1n) is 6.40. The molecule has 0 aromatic heterocycles. The van der Waals surface area contributed by atoms with Crippen LogP contribution < -0.4 is 10.6 Å². The molecule has 0 aliphatic heterocycles. The zero-order chi connectivity index (χ0) is 12.2. The van der Waals surface area contributed by atoms with E-state index < -0.39 is 0 Å². The van der Waals surface area contributed by atoms with Crippen molar-refractivity contribution in [3.05, 3.63) is 35.9 Å². The van der Waals surface area contributed by atoms with Gasteiger partial charge in [-0.05, 0) is 32.0 Å². The van der Waals surface area contributed by atoms with Crippen molar-refractivity contribution in [3.63, 3.8) is 0 Å². The molecule has 0 aliphatic carbocycles.